The molecule has 3 fully saturated rings. The molecular weight excluding hydrogens is 332 g/mol. The van der Waals surface area contributed by atoms with Gasteiger partial charge >= 0.3 is 0 Å². The molecule has 5 nitrogen and oxygen atoms in total. The maximum Gasteiger partial charge on any atom is 0.172 e. The van der Waals surface area contributed by atoms with E-state index in [-0.39, 0.29) is 23.9 Å². The van der Waals surface area contributed by atoms with Crippen molar-refractivity contribution in [3.8, 4) is 0 Å². The lowest BCUT2D eigenvalue weighted by molar-refractivity contribution is -0.205. The van der Waals surface area contributed by atoms with E-state index >= 15 is 0 Å². The van der Waals surface area contributed by atoms with Gasteiger partial charge in [0.2, 0.25) is 0 Å². The summed E-state index contributed by atoms with van der Waals surface area (Å²) in [4.78, 5) is 0. The molecule has 0 amide bonds. The van der Waals surface area contributed by atoms with Crippen molar-refractivity contribution in [1.29, 1.82) is 0 Å². The highest BCUT2D eigenvalue weighted by molar-refractivity contribution is 5.27. The summed E-state index contributed by atoms with van der Waals surface area (Å²) in [6.07, 6.45) is 6.94. The Hall–Kier alpha value is -0.720. The van der Waals surface area contributed by atoms with Crippen molar-refractivity contribution in [3.63, 3.8) is 0 Å². The molecule has 4 rings (SSSR count). The van der Waals surface area contributed by atoms with Crippen LogP contribution in [0.25, 0.3) is 0 Å². The van der Waals surface area contributed by atoms with Crippen LogP contribution in [0.1, 0.15) is 45.4 Å². The standard InChI is InChI=1S/C21H32O5/c1-3-6-20(13-22)12-16(23)17-15(18(20)24)5-4-14-11-21(25-9-10-26-21)8-7-19(14,17)2/h3-4,15-18,22-24H,1,5-13H2,2H3/t15-,16-,17-,18-,19-,20+/m1/s1. The van der Waals surface area contributed by atoms with Crippen molar-refractivity contribution in [2.45, 2.75) is 63.4 Å². The van der Waals surface area contributed by atoms with Crippen LogP contribution in [-0.2, 0) is 9.47 Å². The molecule has 1 aliphatic heterocycles. The molecule has 146 valence electrons. The van der Waals surface area contributed by atoms with E-state index in [1.54, 1.807) is 6.08 Å². The number of hydrogen-bond acceptors (Lipinski definition) is 5. The highest BCUT2D eigenvalue weighted by atomic mass is 16.7. The fourth-order valence-corrected chi connectivity index (χ4v) is 6.39. The van der Waals surface area contributed by atoms with Gasteiger partial charge in [0, 0.05) is 18.3 Å². The van der Waals surface area contributed by atoms with Crippen molar-refractivity contribution >= 4 is 0 Å². The van der Waals surface area contributed by atoms with Gasteiger partial charge in [0.25, 0.3) is 0 Å². The van der Waals surface area contributed by atoms with Crippen molar-refractivity contribution in [1.82, 2.24) is 0 Å². The Labute approximate surface area is 155 Å². The molecule has 1 heterocycles. The number of aliphatic hydroxyl groups is 3. The first kappa shape index (κ1) is 18.6. The molecule has 0 bridgehead atoms. The predicted molar refractivity (Wildman–Crippen MR) is 97.2 cm³/mol. The molecule has 0 aromatic rings. The molecule has 0 radical (unpaired) electrons. The molecule has 3 N–H and O–H groups in total. The van der Waals surface area contributed by atoms with Crippen LogP contribution >= 0.6 is 0 Å². The number of ether oxygens (including phenoxy) is 2. The van der Waals surface area contributed by atoms with Gasteiger partial charge in [-0.05, 0) is 42.9 Å². The van der Waals surface area contributed by atoms with Crippen LogP contribution in [0.2, 0.25) is 0 Å². The van der Waals surface area contributed by atoms with Crippen LogP contribution < -0.4 is 0 Å². The third kappa shape index (κ3) is 2.55. The topological polar surface area (TPSA) is 79.2 Å². The zero-order valence-corrected chi connectivity index (χ0v) is 15.7. The lowest BCUT2D eigenvalue weighted by Gasteiger charge is -2.59. The first-order valence-corrected chi connectivity index (χ1v) is 9.95. The van der Waals surface area contributed by atoms with Crippen molar-refractivity contribution in [2.75, 3.05) is 19.8 Å². The van der Waals surface area contributed by atoms with Gasteiger partial charge in [0.05, 0.1) is 32.0 Å². The summed E-state index contributed by atoms with van der Waals surface area (Å²) in [7, 11) is 0. The molecule has 0 aromatic carbocycles. The highest BCUT2D eigenvalue weighted by Gasteiger charge is 2.60. The average Bonchev–Trinajstić information content (AvgIpc) is 3.07. The Morgan fingerprint density at radius 1 is 1.27 bits per heavy atom. The van der Waals surface area contributed by atoms with Gasteiger partial charge < -0.3 is 24.8 Å². The zero-order chi connectivity index (χ0) is 18.6. The average molecular weight is 364 g/mol. The van der Waals surface area contributed by atoms with E-state index in [2.05, 4.69) is 19.6 Å². The van der Waals surface area contributed by atoms with Gasteiger partial charge in [-0.2, -0.15) is 0 Å². The molecule has 0 unspecified atom stereocenters. The minimum atomic E-state index is -0.683. The minimum Gasteiger partial charge on any atom is -0.396 e. The Bertz CT molecular complexity index is 595. The smallest absolute Gasteiger partial charge is 0.172 e. The van der Waals surface area contributed by atoms with Crippen LogP contribution in [0.5, 0.6) is 0 Å². The van der Waals surface area contributed by atoms with Crippen LogP contribution in [-0.4, -0.2) is 53.1 Å². The Morgan fingerprint density at radius 2 is 2.00 bits per heavy atom. The summed E-state index contributed by atoms with van der Waals surface area (Å²) in [6.45, 7) is 7.19. The molecule has 3 aliphatic carbocycles. The van der Waals surface area contributed by atoms with Crippen molar-refractivity contribution in [2.24, 2.45) is 22.7 Å². The molecule has 26 heavy (non-hydrogen) atoms. The Kier molecular flexibility index (Phi) is 4.60. The summed E-state index contributed by atoms with van der Waals surface area (Å²) in [5, 5.41) is 32.3. The first-order chi connectivity index (χ1) is 12.4. The molecule has 5 heteroatoms. The summed E-state index contributed by atoms with van der Waals surface area (Å²) >= 11 is 0. The third-order valence-corrected chi connectivity index (χ3v) is 7.79. The lowest BCUT2D eigenvalue weighted by atomic mass is 9.48. The van der Waals surface area contributed by atoms with Gasteiger partial charge in [0.1, 0.15) is 0 Å². The van der Waals surface area contributed by atoms with Gasteiger partial charge in [0.15, 0.2) is 5.79 Å². The molecule has 6 atom stereocenters. The normalized spacial score (nSPS) is 47.2. The minimum absolute atomic E-state index is 0.000688. The fourth-order valence-electron chi connectivity index (χ4n) is 6.39. The van der Waals surface area contributed by atoms with Crippen molar-refractivity contribution < 1.29 is 24.8 Å². The maximum atomic E-state index is 11.2. The van der Waals surface area contributed by atoms with Crippen LogP contribution in [0.15, 0.2) is 24.3 Å². The number of allylic oxidation sites excluding steroid dienone is 2. The second kappa shape index (κ2) is 6.42. The zero-order valence-electron chi connectivity index (χ0n) is 15.7. The van der Waals surface area contributed by atoms with Crippen LogP contribution in [0.4, 0.5) is 0 Å². The molecular formula is C21H32O5. The van der Waals surface area contributed by atoms with Crippen molar-refractivity contribution in [3.05, 3.63) is 24.3 Å². The third-order valence-electron chi connectivity index (χ3n) is 7.79. The van der Waals surface area contributed by atoms with Crippen LogP contribution in [0.3, 0.4) is 0 Å². The largest absolute Gasteiger partial charge is 0.396 e. The van der Waals surface area contributed by atoms with E-state index in [9.17, 15) is 15.3 Å². The predicted octanol–water partition coefficient (Wildman–Crippen LogP) is 2.16. The molecule has 4 aliphatic rings. The summed E-state index contributed by atoms with van der Waals surface area (Å²) < 4.78 is 11.8. The lowest BCUT2D eigenvalue weighted by Crippen LogP contribution is -2.61. The highest BCUT2D eigenvalue weighted by Crippen LogP contribution is 2.61. The van der Waals surface area contributed by atoms with E-state index in [0.717, 1.165) is 25.7 Å². The van der Waals surface area contributed by atoms with Crippen LogP contribution in [0, 0.1) is 22.7 Å². The number of fused-ring (bicyclic) bond motifs is 3. The van der Waals surface area contributed by atoms with E-state index < -0.39 is 23.4 Å². The molecule has 0 aromatic heterocycles. The fraction of sp³-hybridized carbons (Fsp3) is 0.810. The van der Waals surface area contributed by atoms with E-state index in [4.69, 9.17) is 9.47 Å². The molecule has 2 saturated carbocycles. The van der Waals surface area contributed by atoms with E-state index in [1.165, 1.54) is 5.57 Å². The SMILES string of the molecule is C=CC[C@@]1(CO)C[C@@H](O)[C@H]2[C@@H](CC=C3CC4(CC[C@]32C)OCCO4)[C@H]1O. The quantitative estimate of drug-likeness (QED) is 0.669. The molecule has 1 spiro atoms. The second-order valence-corrected chi connectivity index (χ2v) is 9.09. The number of rotatable bonds is 3. The van der Waals surface area contributed by atoms with E-state index in [0.29, 0.717) is 26.1 Å². The number of hydrogen-bond donors (Lipinski definition) is 3. The summed E-state index contributed by atoms with van der Waals surface area (Å²) in [6, 6.07) is 0. The van der Waals surface area contributed by atoms with Gasteiger partial charge in [-0.1, -0.05) is 24.6 Å². The van der Waals surface area contributed by atoms with E-state index in [1.807, 2.05) is 0 Å². The first-order valence-electron chi connectivity index (χ1n) is 9.95. The van der Waals surface area contributed by atoms with Gasteiger partial charge in [-0.15, -0.1) is 6.58 Å². The summed E-state index contributed by atoms with van der Waals surface area (Å²) in [5.74, 6) is -0.520. The van der Waals surface area contributed by atoms with Gasteiger partial charge in [-0.3, -0.25) is 0 Å². The van der Waals surface area contributed by atoms with Gasteiger partial charge in [-0.25, -0.2) is 0 Å². The summed E-state index contributed by atoms with van der Waals surface area (Å²) in [5.41, 5.74) is 0.468. The Morgan fingerprint density at radius 3 is 2.65 bits per heavy atom. The monoisotopic (exact) mass is 364 g/mol. The maximum absolute atomic E-state index is 11.2. The second-order valence-electron chi connectivity index (χ2n) is 9.09. The Balaban J connectivity index is 1.66. The number of aliphatic hydroxyl groups excluding tert-OH is 3. The molecule has 1 saturated heterocycles.